The molecule has 1 aliphatic heterocycles. The Bertz CT molecular complexity index is 1090. The van der Waals surface area contributed by atoms with Crippen molar-refractivity contribution < 1.29 is 9.59 Å². The number of nitrogens with zero attached hydrogens (tertiary/aromatic N) is 3. The van der Waals surface area contributed by atoms with Crippen LogP contribution in [-0.4, -0.2) is 39.6 Å². The highest BCUT2D eigenvalue weighted by atomic mass is 35.5. The average molecular weight is 467 g/mol. The van der Waals surface area contributed by atoms with Crippen molar-refractivity contribution in [2.24, 2.45) is 5.92 Å². The van der Waals surface area contributed by atoms with Gasteiger partial charge < -0.3 is 10.2 Å². The monoisotopic (exact) mass is 466 g/mol. The molecule has 1 aromatic heterocycles. The molecule has 6 nitrogen and oxygen atoms in total. The van der Waals surface area contributed by atoms with Crippen molar-refractivity contribution in [1.82, 2.24) is 14.7 Å². The number of aromatic nitrogens is 2. The lowest BCUT2D eigenvalue weighted by Crippen LogP contribution is -2.39. The van der Waals surface area contributed by atoms with E-state index in [4.69, 9.17) is 11.6 Å². The smallest absolute Gasteiger partial charge is 0.258 e. The van der Waals surface area contributed by atoms with Crippen LogP contribution in [0, 0.1) is 12.8 Å². The van der Waals surface area contributed by atoms with Gasteiger partial charge in [0.25, 0.3) is 5.91 Å². The average Bonchev–Trinajstić information content (AvgIpc) is 3.30. The molecule has 0 atom stereocenters. The summed E-state index contributed by atoms with van der Waals surface area (Å²) >= 11 is 6.41. The summed E-state index contributed by atoms with van der Waals surface area (Å²) in [5, 5.41) is 7.91. The summed E-state index contributed by atoms with van der Waals surface area (Å²) in [5.41, 5.74) is 4.59. The number of benzene rings is 1. The van der Waals surface area contributed by atoms with E-state index in [0.717, 1.165) is 62.7 Å². The van der Waals surface area contributed by atoms with Gasteiger partial charge in [-0.25, -0.2) is 0 Å². The van der Waals surface area contributed by atoms with E-state index in [2.05, 4.69) is 16.5 Å². The fraction of sp³-hybridized carbons (Fsp3) is 0.500. The fourth-order valence-corrected chi connectivity index (χ4v) is 5.20. The number of amides is 2. The summed E-state index contributed by atoms with van der Waals surface area (Å²) in [7, 11) is 0. The maximum Gasteiger partial charge on any atom is 0.258 e. The van der Waals surface area contributed by atoms with Crippen molar-refractivity contribution in [1.29, 1.82) is 0 Å². The zero-order valence-corrected chi connectivity index (χ0v) is 19.9. The first kappa shape index (κ1) is 22.2. The first-order valence-electron chi connectivity index (χ1n) is 12.1. The van der Waals surface area contributed by atoms with E-state index in [-0.39, 0.29) is 11.8 Å². The Hall–Kier alpha value is -2.60. The Morgan fingerprint density at radius 2 is 1.85 bits per heavy atom. The van der Waals surface area contributed by atoms with Crippen molar-refractivity contribution in [2.45, 2.75) is 64.3 Å². The van der Waals surface area contributed by atoms with Gasteiger partial charge in [-0.3, -0.25) is 14.3 Å². The largest absolute Gasteiger partial charge is 0.342 e. The molecule has 0 spiro atoms. The number of carbonyl (C=O) groups is 2. The third-order valence-electron chi connectivity index (χ3n) is 7.23. The van der Waals surface area contributed by atoms with Crippen LogP contribution in [-0.2, 0) is 4.79 Å². The molecule has 1 aromatic carbocycles. The zero-order valence-electron chi connectivity index (χ0n) is 19.1. The molecule has 3 aliphatic rings. The van der Waals surface area contributed by atoms with Crippen molar-refractivity contribution in [3.63, 3.8) is 0 Å². The molecule has 1 saturated heterocycles. The van der Waals surface area contributed by atoms with Crippen LogP contribution >= 0.6 is 11.6 Å². The number of likely N-dealkylation sites (tertiary alicyclic amines) is 1. The standard InChI is InChI=1S/C26H31ClN4O2/c1-17-20(12-18-8-10-30(11-9-18)26(33)19-4-2-3-5-19)13-22(27)14-24(17)29-25(32)21-15-28-31(16-21)23-6-7-23/h12-16,19,23H,2-11H2,1H3,(H,29,32). The molecular weight excluding hydrogens is 436 g/mol. The van der Waals surface area contributed by atoms with Crippen LogP contribution in [0.2, 0.25) is 5.02 Å². The number of carbonyl (C=O) groups excluding carboxylic acids is 2. The SMILES string of the molecule is Cc1c(C=C2CCN(C(=O)C3CCCC3)CC2)cc(Cl)cc1NC(=O)c1cnn(C2CC2)c1. The summed E-state index contributed by atoms with van der Waals surface area (Å²) in [4.78, 5) is 27.5. The number of nitrogens with one attached hydrogen (secondary N) is 1. The quantitative estimate of drug-likeness (QED) is 0.621. The minimum Gasteiger partial charge on any atom is -0.342 e. The summed E-state index contributed by atoms with van der Waals surface area (Å²) < 4.78 is 1.87. The van der Waals surface area contributed by atoms with Crippen molar-refractivity contribution in [3.05, 3.63) is 51.8 Å². The maximum atomic E-state index is 12.8. The highest BCUT2D eigenvalue weighted by molar-refractivity contribution is 6.31. The highest BCUT2D eigenvalue weighted by Crippen LogP contribution is 2.34. The van der Waals surface area contributed by atoms with Crippen molar-refractivity contribution >= 4 is 35.2 Å². The van der Waals surface area contributed by atoms with Gasteiger partial charge in [0.1, 0.15) is 0 Å². The second-order valence-electron chi connectivity index (χ2n) is 9.67. The number of rotatable bonds is 5. The molecule has 2 aliphatic carbocycles. The normalized spacial score (nSPS) is 19.1. The van der Waals surface area contributed by atoms with Crippen LogP contribution in [0.4, 0.5) is 5.69 Å². The lowest BCUT2D eigenvalue weighted by Gasteiger charge is -2.30. The number of hydrogen-bond donors (Lipinski definition) is 1. The molecule has 0 radical (unpaired) electrons. The molecule has 0 bridgehead atoms. The molecule has 7 heteroatoms. The summed E-state index contributed by atoms with van der Waals surface area (Å²) in [5.74, 6) is 0.415. The molecule has 3 fully saturated rings. The van der Waals surface area contributed by atoms with E-state index in [1.165, 1.54) is 18.4 Å². The highest BCUT2D eigenvalue weighted by Gasteiger charge is 2.29. The predicted octanol–water partition coefficient (Wildman–Crippen LogP) is 5.63. The topological polar surface area (TPSA) is 67.2 Å². The van der Waals surface area contributed by atoms with Gasteiger partial charge >= 0.3 is 0 Å². The van der Waals surface area contributed by atoms with Crippen molar-refractivity contribution in [2.75, 3.05) is 18.4 Å². The van der Waals surface area contributed by atoms with E-state index < -0.39 is 0 Å². The van der Waals surface area contributed by atoms with Crippen LogP contribution in [0.5, 0.6) is 0 Å². The van der Waals surface area contributed by atoms with Crippen LogP contribution in [0.1, 0.15) is 78.9 Å². The summed E-state index contributed by atoms with van der Waals surface area (Å²) in [6.07, 6.45) is 14.1. The van der Waals surface area contributed by atoms with E-state index >= 15 is 0 Å². The number of hydrogen-bond acceptors (Lipinski definition) is 3. The first-order valence-corrected chi connectivity index (χ1v) is 12.5. The Labute approximate surface area is 200 Å². The van der Waals surface area contributed by atoms with Gasteiger partial charge in [-0.1, -0.05) is 36.1 Å². The molecule has 2 aromatic rings. The Kier molecular flexibility index (Phi) is 6.28. The third kappa shape index (κ3) is 5.01. The summed E-state index contributed by atoms with van der Waals surface area (Å²) in [6, 6.07) is 4.18. The first-order chi connectivity index (χ1) is 16.0. The molecule has 1 N–H and O–H groups in total. The van der Waals surface area contributed by atoms with E-state index in [1.54, 1.807) is 12.3 Å². The minimum atomic E-state index is -0.176. The lowest BCUT2D eigenvalue weighted by atomic mass is 9.97. The molecule has 0 unspecified atom stereocenters. The molecule has 2 heterocycles. The van der Waals surface area contributed by atoms with Crippen LogP contribution in [0.25, 0.3) is 6.08 Å². The number of halogens is 1. The fourth-order valence-electron chi connectivity index (χ4n) is 4.98. The maximum absolute atomic E-state index is 12.8. The second kappa shape index (κ2) is 9.34. The van der Waals surface area contributed by atoms with E-state index in [9.17, 15) is 9.59 Å². The van der Waals surface area contributed by atoms with Gasteiger partial charge in [0, 0.05) is 35.9 Å². The van der Waals surface area contributed by atoms with Gasteiger partial charge in [0.15, 0.2) is 0 Å². The van der Waals surface area contributed by atoms with Crippen molar-refractivity contribution in [3.8, 4) is 0 Å². The van der Waals surface area contributed by atoms with Gasteiger partial charge in [0.05, 0.1) is 17.8 Å². The third-order valence-corrected chi connectivity index (χ3v) is 7.45. The minimum absolute atomic E-state index is 0.176. The van der Waals surface area contributed by atoms with Gasteiger partial charge in [0.2, 0.25) is 5.91 Å². The lowest BCUT2D eigenvalue weighted by molar-refractivity contribution is -0.135. The Morgan fingerprint density at radius 3 is 2.55 bits per heavy atom. The molecular formula is C26H31ClN4O2. The molecule has 5 rings (SSSR count). The second-order valence-corrected chi connectivity index (χ2v) is 10.1. The molecule has 2 amide bonds. The van der Waals surface area contributed by atoms with Crippen LogP contribution in [0.3, 0.4) is 0 Å². The van der Waals surface area contributed by atoms with E-state index in [0.29, 0.717) is 28.2 Å². The number of anilines is 1. The van der Waals surface area contributed by atoms with Gasteiger partial charge in [-0.2, -0.15) is 5.10 Å². The summed E-state index contributed by atoms with van der Waals surface area (Å²) in [6.45, 7) is 3.58. The Balaban J connectivity index is 1.26. The number of piperidine rings is 1. The molecule has 174 valence electrons. The van der Waals surface area contributed by atoms with E-state index in [1.807, 2.05) is 28.8 Å². The van der Waals surface area contributed by atoms with Crippen LogP contribution < -0.4 is 5.32 Å². The Morgan fingerprint density at radius 1 is 1.12 bits per heavy atom. The molecule has 2 saturated carbocycles. The van der Waals surface area contributed by atoms with Gasteiger partial charge in [-0.05, 0) is 68.7 Å². The molecule has 33 heavy (non-hydrogen) atoms. The van der Waals surface area contributed by atoms with Crippen LogP contribution in [0.15, 0.2) is 30.1 Å². The zero-order chi connectivity index (χ0) is 22.9. The predicted molar refractivity (Wildman–Crippen MR) is 130 cm³/mol. The van der Waals surface area contributed by atoms with Gasteiger partial charge in [-0.15, -0.1) is 0 Å².